The number of esters is 1. The lowest BCUT2D eigenvalue weighted by molar-refractivity contribution is -0.152. The molecule has 23 heavy (non-hydrogen) atoms. The third kappa shape index (κ3) is 4.63. The van der Waals surface area contributed by atoms with E-state index >= 15 is 0 Å². The van der Waals surface area contributed by atoms with Crippen molar-refractivity contribution in [2.75, 3.05) is 11.4 Å². The summed E-state index contributed by atoms with van der Waals surface area (Å²) in [5, 5.41) is 0. The zero-order valence-corrected chi connectivity index (χ0v) is 14.5. The van der Waals surface area contributed by atoms with E-state index in [1.165, 1.54) is 16.2 Å². The number of carbonyl (C=O) groups is 2. The van der Waals surface area contributed by atoms with E-state index in [0.717, 1.165) is 0 Å². The van der Waals surface area contributed by atoms with Gasteiger partial charge in [0.15, 0.2) is 0 Å². The molecular weight excluding hydrogens is 312 g/mol. The van der Waals surface area contributed by atoms with E-state index in [2.05, 4.69) is 4.98 Å². The molecule has 0 saturated heterocycles. The van der Waals surface area contributed by atoms with Crippen LogP contribution in [0.4, 0.5) is 5.69 Å². The zero-order valence-electron chi connectivity index (χ0n) is 13.7. The fourth-order valence-electron chi connectivity index (χ4n) is 2.02. The number of aromatic nitrogens is 1. The number of nitrogens with zero attached hydrogens (tertiary/aromatic N) is 2. The first-order valence-electron chi connectivity index (χ1n) is 7.27. The van der Waals surface area contributed by atoms with Crippen molar-refractivity contribution in [3.05, 3.63) is 46.4 Å². The molecule has 122 valence electrons. The van der Waals surface area contributed by atoms with Crippen molar-refractivity contribution in [3.8, 4) is 0 Å². The van der Waals surface area contributed by atoms with Crippen LogP contribution in [-0.4, -0.2) is 29.0 Å². The van der Waals surface area contributed by atoms with Crippen molar-refractivity contribution in [1.82, 2.24) is 4.98 Å². The molecule has 2 rings (SSSR count). The monoisotopic (exact) mass is 332 g/mol. The van der Waals surface area contributed by atoms with Gasteiger partial charge in [-0.1, -0.05) is 18.2 Å². The van der Waals surface area contributed by atoms with Crippen LogP contribution in [0.5, 0.6) is 0 Å². The molecule has 0 aliphatic rings. The van der Waals surface area contributed by atoms with Gasteiger partial charge in [-0.3, -0.25) is 14.5 Å². The average molecular weight is 332 g/mol. The summed E-state index contributed by atoms with van der Waals surface area (Å²) in [6.07, 6.45) is 0. The second kappa shape index (κ2) is 6.91. The van der Waals surface area contributed by atoms with E-state index < -0.39 is 11.6 Å². The first kappa shape index (κ1) is 17.1. The van der Waals surface area contributed by atoms with Crippen LogP contribution >= 0.6 is 11.3 Å². The van der Waals surface area contributed by atoms with Crippen LogP contribution in [0, 0.1) is 6.92 Å². The van der Waals surface area contributed by atoms with Gasteiger partial charge < -0.3 is 4.74 Å². The van der Waals surface area contributed by atoms with Crippen LogP contribution in [0.2, 0.25) is 0 Å². The van der Waals surface area contributed by atoms with Gasteiger partial charge in [0, 0.05) is 5.69 Å². The van der Waals surface area contributed by atoms with Crippen molar-refractivity contribution < 1.29 is 14.3 Å². The van der Waals surface area contributed by atoms with Crippen LogP contribution in [0.25, 0.3) is 0 Å². The molecule has 0 radical (unpaired) electrons. The molecule has 5 nitrogen and oxygen atoms in total. The van der Waals surface area contributed by atoms with Crippen LogP contribution in [0.15, 0.2) is 35.8 Å². The smallest absolute Gasteiger partial charge is 0.326 e. The molecule has 0 fully saturated rings. The highest BCUT2D eigenvalue weighted by molar-refractivity contribution is 7.12. The maximum atomic E-state index is 12.8. The number of hydrogen-bond acceptors (Lipinski definition) is 5. The Morgan fingerprint density at radius 2 is 1.87 bits per heavy atom. The molecule has 0 spiro atoms. The fourth-order valence-corrected chi connectivity index (χ4v) is 2.77. The molecule has 6 heteroatoms. The molecule has 1 aromatic carbocycles. The Morgan fingerprint density at radius 3 is 2.39 bits per heavy atom. The number of rotatable bonds is 4. The average Bonchev–Trinajstić information content (AvgIpc) is 2.89. The van der Waals surface area contributed by atoms with Crippen molar-refractivity contribution in [2.45, 2.75) is 33.3 Å². The molecule has 0 aliphatic heterocycles. The van der Waals surface area contributed by atoms with Gasteiger partial charge in [-0.05, 0) is 39.8 Å². The normalized spacial score (nSPS) is 11.1. The third-order valence-electron chi connectivity index (χ3n) is 2.96. The van der Waals surface area contributed by atoms with Crippen LogP contribution < -0.4 is 4.90 Å². The highest BCUT2D eigenvalue weighted by Gasteiger charge is 2.26. The lowest BCUT2D eigenvalue weighted by atomic mass is 10.2. The Labute approximate surface area is 139 Å². The summed E-state index contributed by atoms with van der Waals surface area (Å²) in [7, 11) is 0. The third-order valence-corrected chi connectivity index (χ3v) is 3.88. The van der Waals surface area contributed by atoms with E-state index in [1.54, 1.807) is 45.3 Å². The molecular formula is C17H20N2O3S. The summed E-state index contributed by atoms with van der Waals surface area (Å²) >= 11 is 1.27. The quantitative estimate of drug-likeness (QED) is 0.805. The fraction of sp³-hybridized carbons (Fsp3) is 0.353. The maximum Gasteiger partial charge on any atom is 0.326 e. The van der Waals surface area contributed by atoms with Gasteiger partial charge in [0.25, 0.3) is 5.91 Å². The van der Waals surface area contributed by atoms with Gasteiger partial charge in [0.1, 0.15) is 17.0 Å². The number of para-hydroxylation sites is 1. The number of carbonyl (C=O) groups excluding carboxylic acids is 2. The van der Waals surface area contributed by atoms with E-state index in [9.17, 15) is 9.59 Å². The summed E-state index contributed by atoms with van der Waals surface area (Å²) in [4.78, 5) is 31.0. The molecule has 0 atom stereocenters. The Kier molecular flexibility index (Phi) is 5.15. The number of benzene rings is 1. The van der Waals surface area contributed by atoms with Crippen molar-refractivity contribution in [2.24, 2.45) is 0 Å². The minimum absolute atomic E-state index is 0.141. The minimum atomic E-state index is -0.594. The van der Waals surface area contributed by atoms with E-state index in [4.69, 9.17) is 4.74 Å². The lowest BCUT2D eigenvalue weighted by Crippen LogP contribution is -2.38. The van der Waals surface area contributed by atoms with Crippen LogP contribution in [-0.2, 0) is 9.53 Å². The summed E-state index contributed by atoms with van der Waals surface area (Å²) in [6, 6.07) is 9.09. The van der Waals surface area contributed by atoms with Gasteiger partial charge >= 0.3 is 5.97 Å². The topological polar surface area (TPSA) is 59.5 Å². The first-order valence-corrected chi connectivity index (χ1v) is 8.15. The second-order valence-corrected chi connectivity index (χ2v) is 6.93. The first-order chi connectivity index (χ1) is 10.8. The zero-order chi connectivity index (χ0) is 17.0. The molecule has 0 aliphatic carbocycles. The molecule has 0 unspecified atom stereocenters. The van der Waals surface area contributed by atoms with Crippen molar-refractivity contribution in [3.63, 3.8) is 0 Å². The summed E-state index contributed by atoms with van der Waals surface area (Å²) in [5.41, 5.74) is 2.34. The van der Waals surface area contributed by atoms with E-state index in [-0.39, 0.29) is 12.5 Å². The van der Waals surface area contributed by atoms with Crippen LogP contribution in [0.3, 0.4) is 0 Å². The van der Waals surface area contributed by atoms with Crippen molar-refractivity contribution in [1.29, 1.82) is 0 Å². The van der Waals surface area contributed by atoms with Crippen molar-refractivity contribution >= 4 is 28.9 Å². The highest BCUT2D eigenvalue weighted by Crippen LogP contribution is 2.21. The van der Waals surface area contributed by atoms with Gasteiger partial charge in [-0.2, -0.15) is 0 Å². The van der Waals surface area contributed by atoms with Gasteiger partial charge in [0.05, 0.1) is 11.2 Å². The predicted molar refractivity (Wildman–Crippen MR) is 90.8 cm³/mol. The summed E-state index contributed by atoms with van der Waals surface area (Å²) < 4.78 is 5.34. The van der Waals surface area contributed by atoms with Crippen LogP contribution in [0.1, 0.15) is 36.1 Å². The lowest BCUT2D eigenvalue weighted by Gasteiger charge is -2.25. The Balaban J connectivity index is 2.28. The standard InChI is InChI=1S/C17H20N2O3S/c1-12-15(23-11-18-12)16(21)19(13-8-6-5-7-9-13)10-14(20)22-17(2,3)4/h5-9,11H,10H2,1-4H3. The van der Waals surface area contributed by atoms with Gasteiger partial charge in [-0.15, -0.1) is 11.3 Å². The molecule has 0 N–H and O–H groups in total. The van der Waals surface area contributed by atoms with Gasteiger partial charge in [0.2, 0.25) is 0 Å². The number of thiazole rings is 1. The predicted octanol–water partition coefficient (Wildman–Crippen LogP) is 3.44. The second-order valence-electron chi connectivity index (χ2n) is 6.08. The Hall–Kier alpha value is -2.21. The van der Waals surface area contributed by atoms with E-state index in [0.29, 0.717) is 16.3 Å². The Bertz CT molecular complexity index is 689. The summed E-state index contributed by atoms with van der Waals surface area (Å²) in [5.74, 6) is -0.695. The SMILES string of the molecule is Cc1ncsc1C(=O)N(CC(=O)OC(C)(C)C)c1ccccc1. The molecule has 0 bridgehead atoms. The minimum Gasteiger partial charge on any atom is -0.459 e. The number of aryl methyl sites for hydroxylation is 1. The number of amides is 1. The summed E-state index contributed by atoms with van der Waals surface area (Å²) in [6.45, 7) is 7.03. The van der Waals surface area contributed by atoms with Gasteiger partial charge in [-0.25, -0.2) is 4.98 Å². The maximum absolute atomic E-state index is 12.8. The number of hydrogen-bond donors (Lipinski definition) is 0. The largest absolute Gasteiger partial charge is 0.459 e. The highest BCUT2D eigenvalue weighted by atomic mass is 32.1. The van der Waals surface area contributed by atoms with E-state index in [1.807, 2.05) is 18.2 Å². The molecule has 1 aromatic heterocycles. The number of anilines is 1. The molecule has 1 heterocycles. The molecule has 2 aromatic rings. The molecule has 1 amide bonds. The number of ether oxygens (including phenoxy) is 1. The Morgan fingerprint density at radius 1 is 1.22 bits per heavy atom. The molecule has 0 saturated carbocycles.